The zero-order valence-electron chi connectivity index (χ0n) is 8.53. The number of rotatable bonds is 4. The van der Waals surface area contributed by atoms with E-state index in [1.54, 1.807) is 0 Å². The van der Waals surface area contributed by atoms with Gasteiger partial charge in [0.05, 0.1) is 12.4 Å². The van der Waals surface area contributed by atoms with E-state index in [0.29, 0.717) is 6.61 Å². The average molecular weight is 330 g/mol. The Morgan fingerprint density at radius 3 is 2.67 bits per heavy atom. The second-order valence-electron chi connectivity index (χ2n) is 2.70. The number of hydrogen-bond donors (Lipinski definition) is 0. The minimum atomic E-state index is -0.698. The van der Waals surface area contributed by atoms with Gasteiger partial charge in [0.1, 0.15) is 0 Å². The van der Waals surface area contributed by atoms with Crippen LogP contribution in [0.15, 0.2) is 12.1 Å². The van der Waals surface area contributed by atoms with Gasteiger partial charge in [-0.25, -0.2) is 0 Å². The zero-order valence-corrected chi connectivity index (χ0v) is 13.1. The van der Waals surface area contributed by atoms with Crippen molar-refractivity contribution < 1.29 is 29.9 Å². The Bertz CT molecular complexity index is 284. The first kappa shape index (κ1) is 15.0. The van der Waals surface area contributed by atoms with Crippen LogP contribution in [0.25, 0.3) is 0 Å². The quantitative estimate of drug-likeness (QED) is 0.464. The molecule has 0 bridgehead atoms. The summed E-state index contributed by atoms with van der Waals surface area (Å²) in [5.74, 6) is -1.34. The summed E-state index contributed by atoms with van der Waals surface area (Å²) in [6, 6.07) is 4.24. The van der Waals surface area contributed by atoms with Crippen molar-refractivity contribution in [1.29, 1.82) is 0 Å². The first-order valence-corrected chi connectivity index (χ1v) is 11.4. The van der Waals surface area contributed by atoms with Gasteiger partial charge >= 0.3 is 30.0 Å². The number of ether oxygens (including phenoxy) is 1. The Morgan fingerprint density at radius 1 is 1.47 bits per heavy atom. The van der Waals surface area contributed by atoms with Gasteiger partial charge in [-0.05, 0) is 6.42 Å². The number of benzene rings is 1. The molecule has 0 saturated heterocycles. The van der Waals surface area contributed by atoms with Gasteiger partial charge in [-0.1, -0.05) is 19.4 Å². The molecule has 0 radical (unpaired) electrons. The van der Waals surface area contributed by atoms with E-state index in [0.717, 1.165) is 25.0 Å². The van der Waals surface area contributed by atoms with Crippen LogP contribution < -0.4 is 4.74 Å². The van der Waals surface area contributed by atoms with Gasteiger partial charge in [-0.3, -0.25) is 8.78 Å². The minimum absolute atomic E-state index is 0.00477. The summed E-state index contributed by atoms with van der Waals surface area (Å²) in [6.07, 6.45) is 1.83. The molecule has 0 N–H and O–H groups in total. The molecule has 0 atom stereocenters. The van der Waals surface area contributed by atoms with E-state index in [4.69, 9.17) is 4.74 Å². The summed E-state index contributed by atoms with van der Waals surface area (Å²) in [5.41, 5.74) is 0. The molecule has 1 aromatic carbocycles. The van der Waals surface area contributed by atoms with E-state index in [1.807, 2.05) is 6.92 Å². The molecule has 0 unspecified atom stereocenters. The van der Waals surface area contributed by atoms with E-state index in [2.05, 4.69) is 19.7 Å². The summed E-state index contributed by atoms with van der Waals surface area (Å²) in [6.45, 7) is 2.45. The van der Waals surface area contributed by atoms with Crippen LogP contribution in [-0.4, -0.2) is 6.61 Å². The second kappa shape index (κ2) is 9.23. The molecule has 0 heterocycles. The molecule has 0 spiro atoms. The third-order valence-corrected chi connectivity index (χ3v) is 1.57. The van der Waals surface area contributed by atoms with Crippen molar-refractivity contribution >= 4 is 13.6 Å². The molecule has 0 fully saturated rings. The van der Waals surface area contributed by atoms with Crippen molar-refractivity contribution in [2.75, 3.05) is 6.61 Å². The van der Waals surface area contributed by atoms with Crippen molar-refractivity contribution in [1.82, 2.24) is 0 Å². The van der Waals surface area contributed by atoms with Gasteiger partial charge in [-0.15, -0.1) is 12.1 Å². The van der Waals surface area contributed by atoms with Gasteiger partial charge in [0.2, 0.25) is 0 Å². The van der Waals surface area contributed by atoms with Crippen LogP contribution in [0.2, 0.25) is 0 Å². The first-order chi connectivity index (χ1) is 7.24. The van der Waals surface area contributed by atoms with Gasteiger partial charge in [0, 0.05) is 11.6 Å². The molecule has 1 nitrogen and oxygen atoms in total. The molecule has 0 aromatic heterocycles. The molecule has 0 saturated carbocycles. The Hall–Kier alpha value is -0.0166. The predicted molar refractivity (Wildman–Crippen MR) is 54.5 cm³/mol. The standard InChI is InChI=1S/C10H11F2O.BrH.Zn/c1-2-3-6-13-10-5-4-8(11)7-9(10)12;;/h4,7H,2-3,6H2,1H3;1H;/q-1;;+2/p-1. The Labute approximate surface area is 105 Å². The normalized spacial score (nSPS) is 9.20. The third-order valence-electron chi connectivity index (χ3n) is 1.57. The molecule has 1 aromatic rings. The number of unbranched alkanes of at least 4 members (excludes halogenated alkanes) is 1. The fraction of sp³-hybridized carbons (Fsp3) is 0.400. The van der Waals surface area contributed by atoms with Gasteiger partial charge in [0.25, 0.3) is 0 Å². The Morgan fingerprint density at radius 2 is 2.13 bits per heavy atom. The van der Waals surface area contributed by atoms with Crippen molar-refractivity contribution in [2.45, 2.75) is 19.8 Å². The SMILES string of the molecule is CCCCOc1[c-]cc(F)cc1F.[Zn+][Br]. The van der Waals surface area contributed by atoms with Crippen LogP contribution >= 0.6 is 13.6 Å². The summed E-state index contributed by atoms with van der Waals surface area (Å²) in [5, 5.41) is 0. The molecule has 0 amide bonds. The first-order valence-electron chi connectivity index (χ1n) is 4.50. The molecule has 1 rings (SSSR count). The van der Waals surface area contributed by atoms with E-state index >= 15 is 0 Å². The summed E-state index contributed by atoms with van der Waals surface area (Å²) < 4.78 is 30.3. The van der Waals surface area contributed by atoms with Crippen molar-refractivity contribution in [3.05, 3.63) is 29.8 Å². The predicted octanol–water partition coefficient (Wildman–Crippen LogP) is 3.79. The van der Waals surface area contributed by atoms with Crippen LogP contribution in [0.5, 0.6) is 5.75 Å². The average Bonchev–Trinajstić information content (AvgIpc) is 2.24. The fourth-order valence-corrected chi connectivity index (χ4v) is 0.861. The van der Waals surface area contributed by atoms with Crippen LogP contribution in [0.1, 0.15) is 19.8 Å². The maximum absolute atomic E-state index is 12.9. The molecule has 5 heteroatoms. The zero-order chi connectivity index (χ0) is 11.7. The Kier molecular flexibility index (Phi) is 9.22. The Balaban J connectivity index is 0.000000921. The van der Waals surface area contributed by atoms with Crippen LogP contribution in [0, 0.1) is 17.7 Å². The van der Waals surface area contributed by atoms with Crippen molar-refractivity contribution in [2.24, 2.45) is 0 Å². The van der Waals surface area contributed by atoms with Gasteiger partial charge in [-0.2, -0.15) is 0 Å². The van der Waals surface area contributed by atoms with Gasteiger partial charge < -0.3 is 4.74 Å². The van der Waals surface area contributed by atoms with E-state index < -0.39 is 11.6 Å². The van der Waals surface area contributed by atoms with E-state index in [1.165, 1.54) is 16.3 Å². The summed E-state index contributed by atoms with van der Waals surface area (Å²) in [4.78, 5) is 0. The van der Waals surface area contributed by atoms with Crippen molar-refractivity contribution in [3.8, 4) is 5.75 Å². The van der Waals surface area contributed by atoms with Crippen LogP contribution in [0.3, 0.4) is 0 Å². The monoisotopic (exact) mass is 328 g/mol. The molecule has 0 aliphatic heterocycles. The summed E-state index contributed by atoms with van der Waals surface area (Å²) >= 11 is 4.25. The molecule has 0 aliphatic rings. The molecular formula is C10H11BrF2OZn. The van der Waals surface area contributed by atoms with Crippen LogP contribution in [0.4, 0.5) is 8.78 Å². The van der Waals surface area contributed by atoms with Crippen molar-refractivity contribution in [3.63, 3.8) is 0 Å². The molecule has 80 valence electrons. The molecular weight excluding hydrogens is 319 g/mol. The van der Waals surface area contributed by atoms with Gasteiger partial charge in [0.15, 0.2) is 0 Å². The van der Waals surface area contributed by atoms with E-state index in [-0.39, 0.29) is 5.75 Å². The van der Waals surface area contributed by atoms with E-state index in [9.17, 15) is 8.78 Å². The summed E-state index contributed by atoms with van der Waals surface area (Å²) in [7, 11) is 0. The second-order valence-corrected chi connectivity index (χ2v) is 2.70. The molecule has 0 aliphatic carbocycles. The number of halogens is 3. The number of hydrogen-bond acceptors (Lipinski definition) is 1. The fourth-order valence-electron chi connectivity index (χ4n) is 0.861. The molecule has 15 heavy (non-hydrogen) atoms. The topological polar surface area (TPSA) is 9.23 Å². The third kappa shape index (κ3) is 6.21. The van der Waals surface area contributed by atoms with Crippen LogP contribution in [-0.2, 0) is 16.3 Å². The maximum atomic E-state index is 12.9.